The first-order chi connectivity index (χ1) is 9.13. The van der Waals surface area contributed by atoms with Crippen molar-refractivity contribution in [2.24, 2.45) is 0 Å². The molecule has 1 fully saturated rings. The monoisotopic (exact) mass is 283 g/mol. The van der Waals surface area contributed by atoms with Crippen molar-refractivity contribution >= 4 is 28.3 Å². The largest absolute Gasteiger partial charge is 0.464 e. The number of carbonyl (C=O) groups excluding carboxylic acids is 2. The second-order valence-corrected chi connectivity index (χ2v) is 5.22. The van der Waals surface area contributed by atoms with Crippen molar-refractivity contribution in [3.8, 4) is 0 Å². The minimum absolute atomic E-state index is 0.245. The minimum Gasteiger partial charge on any atom is -0.464 e. The highest BCUT2D eigenvalue weighted by molar-refractivity contribution is 7.13. The molecule has 0 spiro atoms. The number of ether oxygens (including phenoxy) is 1. The molecule has 1 aromatic rings. The van der Waals surface area contributed by atoms with Crippen LogP contribution in [0.15, 0.2) is 5.38 Å². The lowest BCUT2D eigenvalue weighted by Gasteiger charge is -2.33. The number of aromatic nitrogens is 1. The number of nitrogens with zero attached hydrogens (tertiary/aromatic N) is 2. The number of nitrogen functional groups attached to an aromatic ring is 1. The summed E-state index contributed by atoms with van der Waals surface area (Å²) in [5.41, 5.74) is 5.84. The molecular formula is C12H17N3O3S. The van der Waals surface area contributed by atoms with Crippen LogP contribution in [0.4, 0.5) is 5.13 Å². The Hall–Kier alpha value is -1.63. The van der Waals surface area contributed by atoms with E-state index in [9.17, 15) is 9.59 Å². The van der Waals surface area contributed by atoms with E-state index in [1.54, 1.807) is 17.2 Å². The first kappa shape index (κ1) is 13.8. The van der Waals surface area contributed by atoms with Gasteiger partial charge in [-0.05, 0) is 26.2 Å². The summed E-state index contributed by atoms with van der Waals surface area (Å²) in [5.74, 6) is -0.579. The molecular weight excluding hydrogens is 266 g/mol. The quantitative estimate of drug-likeness (QED) is 0.845. The highest BCUT2D eigenvalue weighted by atomic mass is 32.1. The van der Waals surface area contributed by atoms with Gasteiger partial charge in [-0.25, -0.2) is 9.78 Å². The van der Waals surface area contributed by atoms with Crippen molar-refractivity contribution in [2.45, 2.75) is 32.2 Å². The van der Waals surface area contributed by atoms with Crippen molar-refractivity contribution in [3.63, 3.8) is 0 Å². The van der Waals surface area contributed by atoms with E-state index in [1.807, 2.05) is 0 Å². The number of nitrogens with two attached hydrogens (primary N) is 1. The number of anilines is 1. The fourth-order valence-electron chi connectivity index (χ4n) is 2.19. The van der Waals surface area contributed by atoms with Gasteiger partial charge in [-0.2, -0.15) is 0 Å². The number of likely N-dealkylation sites (tertiary alicyclic amines) is 1. The van der Waals surface area contributed by atoms with E-state index in [1.165, 1.54) is 11.3 Å². The number of amides is 1. The molecule has 1 aliphatic heterocycles. The molecule has 104 valence electrons. The molecule has 0 radical (unpaired) electrons. The summed E-state index contributed by atoms with van der Waals surface area (Å²) in [7, 11) is 0. The fraction of sp³-hybridized carbons (Fsp3) is 0.583. The number of piperidine rings is 1. The molecule has 1 amide bonds. The van der Waals surface area contributed by atoms with Crippen LogP contribution in [-0.2, 0) is 9.53 Å². The lowest BCUT2D eigenvalue weighted by Crippen LogP contribution is -2.48. The van der Waals surface area contributed by atoms with Crippen LogP contribution in [0.1, 0.15) is 36.7 Å². The summed E-state index contributed by atoms with van der Waals surface area (Å²) in [5, 5.41) is 1.97. The smallest absolute Gasteiger partial charge is 0.328 e. The maximum atomic E-state index is 12.3. The van der Waals surface area contributed by atoms with E-state index < -0.39 is 6.04 Å². The van der Waals surface area contributed by atoms with Gasteiger partial charge in [0.2, 0.25) is 0 Å². The van der Waals surface area contributed by atoms with Gasteiger partial charge in [-0.3, -0.25) is 4.79 Å². The number of carbonyl (C=O) groups is 2. The number of thiazole rings is 1. The highest BCUT2D eigenvalue weighted by Gasteiger charge is 2.34. The molecule has 0 saturated carbocycles. The molecule has 1 saturated heterocycles. The fourth-order valence-corrected chi connectivity index (χ4v) is 2.73. The van der Waals surface area contributed by atoms with E-state index >= 15 is 0 Å². The summed E-state index contributed by atoms with van der Waals surface area (Å²) in [4.78, 5) is 29.8. The van der Waals surface area contributed by atoms with Crippen molar-refractivity contribution < 1.29 is 14.3 Å². The molecule has 6 nitrogen and oxygen atoms in total. The average Bonchev–Trinajstić information content (AvgIpc) is 2.85. The third-order valence-electron chi connectivity index (χ3n) is 3.06. The Morgan fingerprint density at radius 2 is 2.37 bits per heavy atom. The van der Waals surface area contributed by atoms with Gasteiger partial charge in [-0.15, -0.1) is 11.3 Å². The van der Waals surface area contributed by atoms with Gasteiger partial charge in [0.25, 0.3) is 5.91 Å². The minimum atomic E-state index is -0.496. The third-order valence-corrected chi connectivity index (χ3v) is 3.74. The second kappa shape index (κ2) is 6.01. The molecule has 1 unspecified atom stereocenters. The Balaban J connectivity index is 2.15. The third kappa shape index (κ3) is 3.04. The van der Waals surface area contributed by atoms with E-state index in [2.05, 4.69) is 4.98 Å². The summed E-state index contributed by atoms with van der Waals surface area (Å²) in [6.45, 7) is 2.63. The van der Waals surface area contributed by atoms with Gasteiger partial charge in [-0.1, -0.05) is 0 Å². The maximum Gasteiger partial charge on any atom is 0.328 e. The Morgan fingerprint density at radius 3 is 3.00 bits per heavy atom. The van der Waals surface area contributed by atoms with Gasteiger partial charge in [0, 0.05) is 11.9 Å². The topological polar surface area (TPSA) is 85.5 Å². The van der Waals surface area contributed by atoms with Crippen molar-refractivity contribution in [1.29, 1.82) is 0 Å². The molecule has 2 rings (SSSR count). The first-order valence-corrected chi connectivity index (χ1v) is 7.20. The van der Waals surface area contributed by atoms with Crippen LogP contribution in [0, 0.1) is 0 Å². The molecule has 0 aliphatic carbocycles. The molecule has 0 aromatic carbocycles. The number of esters is 1. The Labute approximate surface area is 115 Å². The molecule has 1 aromatic heterocycles. The van der Waals surface area contributed by atoms with Crippen molar-refractivity contribution in [3.05, 3.63) is 11.1 Å². The van der Waals surface area contributed by atoms with Gasteiger partial charge in [0.15, 0.2) is 5.13 Å². The van der Waals surface area contributed by atoms with Gasteiger partial charge in [0.05, 0.1) is 6.61 Å². The summed E-state index contributed by atoms with van der Waals surface area (Å²) in [6, 6.07) is -0.496. The van der Waals surface area contributed by atoms with E-state index in [0.717, 1.165) is 12.8 Å². The molecule has 0 bridgehead atoms. The summed E-state index contributed by atoms with van der Waals surface area (Å²) >= 11 is 1.22. The average molecular weight is 283 g/mol. The lowest BCUT2D eigenvalue weighted by atomic mass is 10.0. The lowest BCUT2D eigenvalue weighted by molar-refractivity contribution is -0.149. The first-order valence-electron chi connectivity index (χ1n) is 6.32. The molecule has 1 atom stereocenters. The number of rotatable bonds is 3. The zero-order valence-corrected chi connectivity index (χ0v) is 11.6. The number of hydrogen-bond acceptors (Lipinski definition) is 6. The molecule has 1 aliphatic rings. The summed E-state index contributed by atoms with van der Waals surface area (Å²) < 4.78 is 5.03. The van der Waals surface area contributed by atoms with Crippen LogP contribution >= 0.6 is 11.3 Å². The predicted octanol–water partition coefficient (Wildman–Crippen LogP) is 1.28. The van der Waals surface area contributed by atoms with Crippen molar-refractivity contribution in [1.82, 2.24) is 9.88 Å². The molecule has 7 heteroatoms. The molecule has 2 heterocycles. The Bertz CT molecular complexity index is 475. The van der Waals surface area contributed by atoms with Crippen LogP contribution in [0.25, 0.3) is 0 Å². The number of hydrogen-bond donors (Lipinski definition) is 1. The normalized spacial score (nSPS) is 19.2. The zero-order chi connectivity index (χ0) is 13.8. The Kier molecular flexibility index (Phi) is 4.36. The zero-order valence-electron chi connectivity index (χ0n) is 10.8. The van der Waals surface area contributed by atoms with Crippen LogP contribution in [-0.4, -0.2) is 41.0 Å². The van der Waals surface area contributed by atoms with E-state index in [4.69, 9.17) is 10.5 Å². The maximum absolute atomic E-state index is 12.3. The molecule has 2 N–H and O–H groups in total. The standard InChI is InChI=1S/C12H17N3O3S/c1-2-18-11(17)9-5-3-4-6-15(9)10(16)8-7-19-12(13)14-8/h7,9H,2-6H2,1H3,(H2,13,14). The van der Waals surface area contributed by atoms with Gasteiger partial charge >= 0.3 is 5.97 Å². The van der Waals surface area contributed by atoms with Crippen LogP contribution < -0.4 is 5.73 Å². The van der Waals surface area contributed by atoms with E-state index in [-0.39, 0.29) is 11.9 Å². The summed E-state index contributed by atoms with van der Waals surface area (Å²) in [6.07, 6.45) is 2.46. The van der Waals surface area contributed by atoms with Crippen LogP contribution in [0.2, 0.25) is 0 Å². The predicted molar refractivity (Wildman–Crippen MR) is 71.8 cm³/mol. The SMILES string of the molecule is CCOC(=O)C1CCCCN1C(=O)c1csc(N)n1. The van der Waals surface area contributed by atoms with Gasteiger partial charge < -0.3 is 15.4 Å². The van der Waals surface area contributed by atoms with E-state index in [0.29, 0.717) is 30.4 Å². The highest BCUT2D eigenvalue weighted by Crippen LogP contribution is 2.22. The second-order valence-electron chi connectivity index (χ2n) is 4.33. The van der Waals surface area contributed by atoms with Crippen LogP contribution in [0.5, 0.6) is 0 Å². The van der Waals surface area contributed by atoms with Gasteiger partial charge in [0.1, 0.15) is 11.7 Å². The Morgan fingerprint density at radius 1 is 1.58 bits per heavy atom. The van der Waals surface area contributed by atoms with Crippen molar-refractivity contribution in [2.75, 3.05) is 18.9 Å². The van der Waals surface area contributed by atoms with Crippen LogP contribution in [0.3, 0.4) is 0 Å². The molecule has 19 heavy (non-hydrogen) atoms.